The molecule has 0 aliphatic carbocycles. The second kappa shape index (κ2) is 4.76. The number of hydrogen-bond donors (Lipinski definition) is 3. The standard InChI is InChI=1S/C6H16N2O3S/c1-5(2)7-12(10,11)8-6(3)4-9/h5-9H,4H2,1-3H3/t6-/m0/s1. The van der Waals surface area contributed by atoms with Crippen LogP contribution in [0.4, 0.5) is 0 Å². The minimum atomic E-state index is -3.45. The summed E-state index contributed by atoms with van der Waals surface area (Å²) < 4.78 is 26.7. The molecule has 0 aromatic heterocycles. The summed E-state index contributed by atoms with van der Waals surface area (Å²) in [5.74, 6) is 0. The lowest BCUT2D eigenvalue weighted by molar-refractivity contribution is 0.264. The highest BCUT2D eigenvalue weighted by molar-refractivity contribution is 7.87. The van der Waals surface area contributed by atoms with Crippen LogP contribution < -0.4 is 9.44 Å². The second-order valence-electron chi connectivity index (χ2n) is 2.98. The van der Waals surface area contributed by atoms with Crippen LogP contribution in [0.3, 0.4) is 0 Å². The van der Waals surface area contributed by atoms with Gasteiger partial charge in [0.25, 0.3) is 10.2 Å². The second-order valence-corrected chi connectivity index (χ2v) is 4.46. The predicted molar refractivity (Wildman–Crippen MR) is 46.9 cm³/mol. The van der Waals surface area contributed by atoms with Gasteiger partial charge in [0.05, 0.1) is 6.61 Å². The molecular formula is C6H16N2O3S. The first-order valence-corrected chi connectivity index (χ1v) is 5.26. The summed E-state index contributed by atoms with van der Waals surface area (Å²) in [6.45, 7) is 4.82. The van der Waals surface area contributed by atoms with E-state index < -0.39 is 16.3 Å². The summed E-state index contributed by atoms with van der Waals surface area (Å²) in [4.78, 5) is 0. The molecule has 6 heteroatoms. The molecule has 3 N–H and O–H groups in total. The highest BCUT2D eigenvalue weighted by Gasteiger charge is 2.13. The van der Waals surface area contributed by atoms with Crippen molar-refractivity contribution in [3.8, 4) is 0 Å². The zero-order valence-electron chi connectivity index (χ0n) is 7.53. The Labute approximate surface area is 73.4 Å². The van der Waals surface area contributed by atoms with E-state index >= 15 is 0 Å². The Morgan fingerprint density at radius 3 is 2.08 bits per heavy atom. The molecule has 0 saturated heterocycles. The molecule has 0 saturated carbocycles. The fraction of sp³-hybridized carbons (Fsp3) is 1.00. The highest BCUT2D eigenvalue weighted by atomic mass is 32.2. The molecule has 0 heterocycles. The summed E-state index contributed by atoms with van der Waals surface area (Å²) in [5, 5.41) is 8.58. The maximum Gasteiger partial charge on any atom is 0.277 e. The van der Waals surface area contributed by atoms with Gasteiger partial charge in [-0.25, -0.2) is 0 Å². The maximum atomic E-state index is 11.1. The third-order valence-electron chi connectivity index (χ3n) is 1.02. The van der Waals surface area contributed by atoms with Gasteiger partial charge in [-0.1, -0.05) is 0 Å². The Kier molecular flexibility index (Phi) is 4.69. The van der Waals surface area contributed by atoms with Crippen LogP contribution in [0.25, 0.3) is 0 Å². The van der Waals surface area contributed by atoms with Crippen LogP contribution >= 0.6 is 0 Å². The van der Waals surface area contributed by atoms with Gasteiger partial charge >= 0.3 is 0 Å². The van der Waals surface area contributed by atoms with Crippen LogP contribution in [0.15, 0.2) is 0 Å². The van der Waals surface area contributed by atoms with Crippen molar-refractivity contribution in [3.63, 3.8) is 0 Å². The molecule has 0 amide bonds. The average Bonchev–Trinajstić information content (AvgIpc) is 1.83. The van der Waals surface area contributed by atoms with Crippen molar-refractivity contribution in [2.45, 2.75) is 32.9 Å². The fourth-order valence-corrected chi connectivity index (χ4v) is 1.94. The van der Waals surface area contributed by atoms with E-state index in [4.69, 9.17) is 5.11 Å². The third kappa shape index (κ3) is 5.48. The van der Waals surface area contributed by atoms with Crippen molar-refractivity contribution >= 4 is 10.2 Å². The summed E-state index contributed by atoms with van der Waals surface area (Å²) in [7, 11) is -3.45. The van der Waals surface area contributed by atoms with Gasteiger partial charge in [0, 0.05) is 12.1 Å². The van der Waals surface area contributed by atoms with Gasteiger partial charge in [-0.05, 0) is 20.8 Å². The molecule has 1 atom stereocenters. The molecule has 0 rings (SSSR count). The summed E-state index contributed by atoms with van der Waals surface area (Å²) in [6, 6.07) is -0.602. The van der Waals surface area contributed by atoms with Gasteiger partial charge in [0.1, 0.15) is 0 Å². The van der Waals surface area contributed by atoms with Crippen molar-refractivity contribution in [1.82, 2.24) is 9.44 Å². The van der Waals surface area contributed by atoms with E-state index in [-0.39, 0.29) is 12.6 Å². The zero-order chi connectivity index (χ0) is 9.78. The van der Waals surface area contributed by atoms with Gasteiger partial charge in [0.15, 0.2) is 0 Å². The smallest absolute Gasteiger partial charge is 0.277 e. The van der Waals surface area contributed by atoms with Crippen LogP contribution in [0.1, 0.15) is 20.8 Å². The first kappa shape index (κ1) is 11.8. The van der Waals surface area contributed by atoms with E-state index in [2.05, 4.69) is 9.44 Å². The van der Waals surface area contributed by atoms with Gasteiger partial charge in [-0.15, -0.1) is 0 Å². The Balaban J connectivity index is 4.05. The Hall–Kier alpha value is -0.170. The minimum absolute atomic E-state index is 0.145. The molecular weight excluding hydrogens is 180 g/mol. The van der Waals surface area contributed by atoms with E-state index in [0.29, 0.717) is 0 Å². The molecule has 0 fully saturated rings. The molecule has 0 radical (unpaired) electrons. The lowest BCUT2D eigenvalue weighted by Gasteiger charge is -2.13. The summed E-state index contributed by atoms with van der Waals surface area (Å²) in [5.41, 5.74) is 0. The topological polar surface area (TPSA) is 78.4 Å². The van der Waals surface area contributed by atoms with Crippen LogP contribution in [0.2, 0.25) is 0 Å². The largest absolute Gasteiger partial charge is 0.395 e. The SMILES string of the molecule is CC(C)NS(=O)(=O)N[C@@H](C)CO. The van der Waals surface area contributed by atoms with Crippen molar-refractivity contribution < 1.29 is 13.5 Å². The first-order chi connectivity index (χ1) is 5.37. The van der Waals surface area contributed by atoms with Crippen molar-refractivity contribution in [2.24, 2.45) is 0 Å². The van der Waals surface area contributed by atoms with Gasteiger partial charge in [-0.3, -0.25) is 0 Å². The van der Waals surface area contributed by atoms with Crippen LogP contribution in [-0.4, -0.2) is 32.2 Å². The molecule has 0 bridgehead atoms. The van der Waals surface area contributed by atoms with Crippen molar-refractivity contribution in [3.05, 3.63) is 0 Å². The van der Waals surface area contributed by atoms with Gasteiger partial charge in [-0.2, -0.15) is 17.9 Å². The summed E-state index contributed by atoms with van der Waals surface area (Å²) >= 11 is 0. The van der Waals surface area contributed by atoms with E-state index in [1.807, 2.05) is 0 Å². The number of aliphatic hydroxyl groups excluding tert-OH is 1. The number of aliphatic hydroxyl groups is 1. The summed E-state index contributed by atoms with van der Waals surface area (Å²) in [6.07, 6.45) is 0. The molecule has 0 aromatic carbocycles. The normalized spacial score (nSPS) is 15.1. The van der Waals surface area contributed by atoms with E-state index in [1.54, 1.807) is 20.8 Å². The molecule has 0 spiro atoms. The molecule has 0 aromatic rings. The Bertz CT molecular complexity index is 213. The van der Waals surface area contributed by atoms with E-state index in [9.17, 15) is 8.42 Å². The molecule has 0 aliphatic heterocycles. The highest BCUT2D eigenvalue weighted by Crippen LogP contribution is 1.87. The molecule has 0 aliphatic rings. The van der Waals surface area contributed by atoms with Crippen LogP contribution in [-0.2, 0) is 10.2 Å². The molecule has 5 nitrogen and oxygen atoms in total. The van der Waals surface area contributed by atoms with E-state index in [0.717, 1.165) is 0 Å². The number of nitrogens with one attached hydrogen (secondary N) is 2. The third-order valence-corrected chi connectivity index (χ3v) is 2.52. The Morgan fingerprint density at radius 1 is 1.25 bits per heavy atom. The van der Waals surface area contributed by atoms with Crippen LogP contribution in [0, 0.1) is 0 Å². The van der Waals surface area contributed by atoms with Gasteiger partial charge in [0.2, 0.25) is 0 Å². The first-order valence-electron chi connectivity index (χ1n) is 3.78. The van der Waals surface area contributed by atoms with Crippen molar-refractivity contribution in [1.29, 1.82) is 0 Å². The Morgan fingerprint density at radius 2 is 1.75 bits per heavy atom. The quantitative estimate of drug-likeness (QED) is 0.538. The number of rotatable bonds is 5. The maximum absolute atomic E-state index is 11.1. The van der Waals surface area contributed by atoms with Crippen LogP contribution in [0.5, 0.6) is 0 Å². The minimum Gasteiger partial charge on any atom is -0.395 e. The van der Waals surface area contributed by atoms with Gasteiger partial charge < -0.3 is 5.11 Å². The van der Waals surface area contributed by atoms with E-state index in [1.165, 1.54) is 0 Å². The fourth-order valence-electron chi connectivity index (χ4n) is 0.646. The number of hydrogen-bond acceptors (Lipinski definition) is 3. The molecule has 74 valence electrons. The zero-order valence-corrected chi connectivity index (χ0v) is 8.35. The monoisotopic (exact) mass is 196 g/mol. The lowest BCUT2D eigenvalue weighted by atomic mass is 10.4. The molecule has 12 heavy (non-hydrogen) atoms. The average molecular weight is 196 g/mol. The molecule has 0 unspecified atom stereocenters. The lowest BCUT2D eigenvalue weighted by Crippen LogP contribution is -2.45. The van der Waals surface area contributed by atoms with Crippen molar-refractivity contribution in [2.75, 3.05) is 6.61 Å². The predicted octanol–water partition coefficient (Wildman–Crippen LogP) is -0.800.